The molecule has 1 saturated heterocycles. The second-order valence-corrected chi connectivity index (χ2v) is 3.99. The Labute approximate surface area is 76.6 Å². The van der Waals surface area contributed by atoms with E-state index in [4.69, 9.17) is 0 Å². The first-order chi connectivity index (χ1) is 5.90. The van der Waals surface area contributed by atoms with Gasteiger partial charge in [-0.2, -0.15) is 4.37 Å². The van der Waals surface area contributed by atoms with Crippen LogP contribution in [0.1, 0.15) is 19.8 Å². The van der Waals surface area contributed by atoms with Gasteiger partial charge in [0.15, 0.2) is 0 Å². The van der Waals surface area contributed by atoms with Gasteiger partial charge in [-0.05, 0) is 12.3 Å². The van der Waals surface area contributed by atoms with Gasteiger partial charge >= 0.3 is 0 Å². The average Bonchev–Trinajstić information content (AvgIpc) is 2.75. The van der Waals surface area contributed by atoms with Crippen molar-refractivity contribution in [2.45, 2.75) is 19.8 Å². The topological polar surface area (TPSA) is 29.0 Å². The van der Waals surface area contributed by atoms with E-state index in [1.54, 1.807) is 6.33 Å². The van der Waals surface area contributed by atoms with Crippen LogP contribution in [-0.2, 0) is 0 Å². The fourth-order valence-corrected chi connectivity index (χ4v) is 2.21. The molecule has 0 saturated carbocycles. The molecule has 1 aromatic rings. The molecule has 4 heteroatoms. The minimum atomic E-state index is 0.869. The van der Waals surface area contributed by atoms with Gasteiger partial charge in [0.1, 0.15) is 6.33 Å². The third kappa shape index (κ3) is 1.43. The normalized spacial score (nSPS) is 23.4. The molecular formula is C8H13N3S. The molecular weight excluding hydrogens is 170 g/mol. The Kier molecular flexibility index (Phi) is 2.26. The maximum atomic E-state index is 4.20. The molecule has 66 valence electrons. The van der Waals surface area contributed by atoms with Crippen LogP contribution in [0.4, 0.5) is 5.13 Å². The summed E-state index contributed by atoms with van der Waals surface area (Å²) in [4.78, 5) is 6.54. The SMILES string of the molecule is CCC1CCN(c2ncns2)C1. The summed E-state index contributed by atoms with van der Waals surface area (Å²) in [6.45, 7) is 4.59. The van der Waals surface area contributed by atoms with E-state index >= 15 is 0 Å². The summed E-state index contributed by atoms with van der Waals surface area (Å²) < 4.78 is 4.01. The summed E-state index contributed by atoms with van der Waals surface area (Å²) in [5.41, 5.74) is 0. The fraction of sp³-hybridized carbons (Fsp3) is 0.750. The molecule has 2 rings (SSSR count). The van der Waals surface area contributed by atoms with E-state index in [1.807, 2.05) is 0 Å². The highest BCUT2D eigenvalue weighted by Crippen LogP contribution is 2.25. The van der Waals surface area contributed by atoms with Crippen LogP contribution < -0.4 is 4.90 Å². The van der Waals surface area contributed by atoms with Crippen molar-refractivity contribution in [3.8, 4) is 0 Å². The lowest BCUT2D eigenvalue weighted by Crippen LogP contribution is -2.18. The molecule has 0 aromatic carbocycles. The number of hydrogen-bond acceptors (Lipinski definition) is 4. The van der Waals surface area contributed by atoms with Gasteiger partial charge in [-0.3, -0.25) is 0 Å². The van der Waals surface area contributed by atoms with Crippen molar-refractivity contribution < 1.29 is 0 Å². The Balaban J connectivity index is 2.00. The molecule has 1 aromatic heterocycles. The van der Waals surface area contributed by atoms with Gasteiger partial charge in [0.05, 0.1) is 0 Å². The molecule has 1 aliphatic rings. The zero-order chi connectivity index (χ0) is 8.39. The molecule has 1 fully saturated rings. The molecule has 1 unspecified atom stereocenters. The molecule has 1 atom stereocenters. The summed E-state index contributed by atoms with van der Waals surface area (Å²) >= 11 is 1.50. The molecule has 0 bridgehead atoms. The summed E-state index contributed by atoms with van der Waals surface area (Å²) in [6.07, 6.45) is 4.24. The number of nitrogens with zero attached hydrogens (tertiary/aromatic N) is 3. The third-order valence-corrected chi connectivity index (χ3v) is 3.21. The van der Waals surface area contributed by atoms with Crippen molar-refractivity contribution in [3.05, 3.63) is 6.33 Å². The van der Waals surface area contributed by atoms with Crippen molar-refractivity contribution in [2.75, 3.05) is 18.0 Å². The minimum absolute atomic E-state index is 0.869. The van der Waals surface area contributed by atoms with Crippen LogP contribution in [-0.4, -0.2) is 22.4 Å². The molecule has 0 spiro atoms. The van der Waals surface area contributed by atoms with Crippen molar-refractivity contribution in [1.82, 2.24) is 9.36 Å². The fourth-order valence-electron chi connectivity index (χ4n) is 1.65. The van der Waals surface area contributed by atoms with Gasteiger partial charge in [0.25, 0.3) is 0 Å². The molecule has 0 radical (unpaired) electrons. The van der Waals surface area contributed by atoms with Crippen LogP contribution >= 0.6 is 11.5 Å². The summed E-state index contributed by atoms with van der Waals surface area (Å²) in [7, 11) is 0. The van der Waals surface area contributed by atoms with Gasteiger partial charge in [0, 0.05) is 24.6 Å². The smallest absolute Gasteiger partial charge is 0.204 e. The minimum Gasteiger partial charge on any atom is -0.347 e. The summed E-state index contributed by atoms with van der Waals surface area (Å²) in [6, 6.07) is 0. The van der Waals surface area contributed by atoms with Crippen molar-refractivity contribution in [2.24, 2.45) is 5.92 Å². The Morgan fingerprint density at radius 2 is 2.67 bits per heavy atom. The molecule has 0 N–H and O–H groups in total. The van der Waals surface area contributed by atoms with Crippen LogP contribution in [0.3, 0.4) is 0 Å². The first kappa shape index (κ1) is 7.98. The van der Waals surface area contributed by atoms with Crippen LogP contribution in [0.5, 0.6) is 0 Å². The first-order valence-corrected chi connectivity index (χ1v) is 5.19. The zero-order valence-electron chi connectivity index (χ0n) is 7.23. The van der Waals surface area contributed by atoms with Crippen LogP contribution in [0, 0.1) is 5.92 Å². The Bertz CT molecular complexity index is 234. The van der Waals surface area contributed by atoms with E-state index in [2.05, 4.69) is 21.2 Å². The Morgan fingerprint density at radius 3 is 3.25 bits per heavy atom. The highest BCUT2D eigenvalue weighted by molar-refractivity contribution is 7.09. The first-order valence-electron chi connectivity index (χ1n) is 4.41. The van der Waals surface area contributed by atoms with Gasteiger partial charge in [-0.15, -0.1) is 0 Å². The standard InChI is InChI=1S/C8H13N3S/c1-2-7-3-4-11(5-7)8-9-6-10-12-8/h6-7H,2-5H2,1H3. The maximum absolute atomic E-state index is 4.20. The largest absolute Gasteiger partial charge is 0.347 e. The number of anilines is 1. The molecule has 1 aliphatic heterocycles. The molecule has 12 heavy (non-hydrogen) atoms. The highest BCUT2D eigenvalue weighted by Gasteiger charge is 2.22. The van der Waals surface area contributed by atoms with E-state index in [0.29, 0.717) is 0 Å². The predicted molar refractivity (Wildman–Crippen MR) is 50.5 cm³/mol. The predicted octanol–water partition coefficient (Wildman–Crippen LogP) is 1.77. The quantitative estimate of drug-likeness (QED) is 0.699. The van der Waals surface area contributed by atoms with E-state index < -0.39 is 0 Å². The average molecular weight is 183 g/mol. The van der Waals surface area contributed by atoms with Gasteiger partial charge in [0.2, 0.25) is 5.13 Å². The van der Waals surface area contributed by atoms with Crippen LogP contribution in [0.2, 0.25) is 0 Å². The number of hydrogen-bond donors (Lipinski definition) is 0. The van der Waals surface area contributed by atoms with E-state index in [-0.39, 0.29) is 0 Å². The molecule has 0 aliphatic carbocycles. The lowest BCUT2D eigenvalue weighted by Gasteiger charge is -2.12. The lowest BCUT2D eigenvalue weighted by atomic mass is 10.1. The Morgan fingerprint density at radius 1 is 1.75 bits per heavy atom. The zero-order valence-corrected chi connectivity index (χ0v) is 8.05. The number of rotatable bonds is 2. The second kappa shape index (κ2) is 3.39. The molecule has 2 heterocycles. The second-order valence-electron chi connectivity index (χ2n) is 3.23. The van der Waals surface area contributed by atoms with Crippen LogP contribution in [0.25, 0.3) is 0 Å². The van der Waals surface area contributed by atoms with E-state index in [0.717, 1.165) is 17.6 Å². The Hall–Kier alpha value is -0.640. The van der Waals surface area contributed by atoms with Crippen molar-refractivity contribution >= 4 is 16.7 Å². The van der Waals surface area contributed by atoms with Gasteiger partial charge in [-0.1, -0.05) is 13.3 Å². The van der Waals surface area contributed by atoms with E-state index in [1.165, 1.54) is 30.9 Å². The maximum Gasteiger partial charge on any atom is 0.204 e. The van der Waals surface area contributed by atoms with Gasteiger partial charge in [-0.25, -0.2) is 4.98 Å². The molecule has 3 nitrogen and oxygen atoms in total. The monoisotopic (exact) mass is 183 g/mol. The van der Waals surface area contributed by atoms with Crippen LogP contribution in [0.15, 0.2) is 6.33 Å². The number of aromatic nitrogens is 2. The van der Waals surface area contributed by atoms with Crippen molar-refractivity contribution in [3.63, 3.8) is 0 Å². The highest BCUT2D eigenvalue weighted by atomic mass is 32.1. The summed E-state index contributed by atoms with van der Waals surface area (Å²) in [5.74, 6) is 0.869. The molecule has 0 amide bonds. The lowest BCUT2D eigenvalue weighted by molar-refractivity contribution is 0.569. The third-order valence-electron chi connectivity index (χ3n) is 2.48. The van der Waals surface area contributed by atoms with Crippen molar-refractivity contribution in [1.29, 1.82) is 0 Å². The summed E-state index contributed by atoms with van der Waals surface area (Å²) in [5, 5.41) is 1.09. The van der Waals surface area contributed by atoms with Gasteiger partial charge < -0.3 is 4.90 Å². The van der Waals surface area contributed by atoms with E-state index in [9.17, 15) is 0 Å².